The first-order chi connectivity index (χ1) is 12.3. The third-order valence-electron chi connectivity index (χ3n) is 6.52. The fourth-order valence-corrected chi connectivity index (χ4v) is 4.79. The molecule has 0 saturated heterocycles. The van der Waals surface area contributed by atoms with Crippen LogP contribution in [0.25, 0.3) is 0 Å². The third-order valence-corrected chi connectivity index (χ3v) is 6.52. The van der Waals surface area contributed by atoms with Gasteiger partial charge >= 0.3 is 0 Å². The molecule has 0 aliphatic heterocycles. The largest absolute Gasteiger partial charge is 0.501 e. The van der Waals surface area contributed by atoms with Gasteiger partial charge in [-0.1, -0.05) is 44.9 Å². The molecule has 25 heavy (non-hydrogen) atoms. The van der Waals surface area contributed by atoms with Crippen LogP contribution in [0.2, 0.25) is 0 Å². The zero-order valence-corrected chi connectivity index (χ0v) is 16.9. The number of ether oxygens (including phenoxy) is 1. The summed E-state index contributed by atoms with van der Waals surface area (Å²) in [6.07, 6.45) is 27.0. The van der Waals surface area contributed by atoms with Gasteiger partial charge in [0.25, 0.3) is 0 Å². The molecule has 1 nitrogen and oxygen atoms in total. The van der Waals surface area contributed by atoms with Crippen molar-refractivity contribution in [2.75, 3.05) is 6.61 Å². The van der Waals surface area contributed by atoms with Crippen molar-refractivity contribution in [3.8, 4) is 0 Å². The predicted octanol–water partition coefficient (Wildman–Crippen LogP) is 7.68. The van der Waals surface area contributed by atoms with Crippen molar-refractivity contribution in [3.05, 3.63) is 24.5 Å². The first-order valence-corrected chi connectivity index (χ1v) is 11.3. The van der Waals surface area contributed by atoms with Crippen LogP contribution in [-0.4, -0.2) is 6.61 Å². The molecule has 0 bridgehead atoms. The number of hydrogen-bond acceptors (Lipinski definition) is 1. The van der Waals surface area contributed by atoms with E-state index in [2.05, 4.69) is 32.1 Å². The summed E-state index contributed by atoms with van der Waals surface area (Å²) in [7, 11) is 0. The normalized spacial score (nSPS) is 31.0. The van der Waals surface area contributed by atoms with Gasteiger partial charge in [-0.25, -0.2) is 0 Å². The molecule has 2 aliphatic carbocycles. The Kier molecular flexibility index (Phi) is 10.4. The molecule has 1 heteroatoms. The molecule has 0 unspecified atom stereocenters. The van der Waals surface area contributed by atoms with E-state index in [4.69, 9.17) is 4.74 Å². The first kappa shape index (κ1) is 20.6. The van der Waals surface area contributed by atoms with E-state index < -0.39 is 0 Å². The molecule has 0 atom stereocenters. The summed E-state index contributed by atoms with van der Waals surface area (Å²) in [4.78, 5) is 0. The van der Waals surface area contributed by atoms with Gasteiger partial charge in [0.15, 0.2) is 0 Å². The fourth-order valence-electron chi connectivity index (χ4n) is 4.79. The second-order valence-electron chi connectivity index (χ2n) is 8.49. The zero-order chi connectivity index (χ0) is 17.7. The van der Waals surface area contributed by atoms with E-state index >= 15 is 0 Å². The lowest BCUT2D eigenvalue weighted by Crippen LogP contribution is -2.26. The molecule has 0 aromatic rings. The minimum absolute atomic E-state index is 0.806. The number of rotatable bonds is 10. The van der Waals surface area contributed by atoms with Gasteiger partial charge in [0.05, 0.1) is 12.9 Å². The molecule has 2 aliphatic rings. The van der Waals surface area contributed by atoms with E-state index in [1.165, 1.54) is 77.0 Å². The van der Waals surface area contributed by atoms with Crippen LogP contribution in [0, 0.1) is 23.7 Å². The van der Waals surface area contributed by atoms with E-state index in [9.17, 15) is 0 Å². The molecule has 144 valence electrons. The van der Waals surface area contributed by atoms with Gasteiger partial charge in [0.2, 0.25) is 0 Å². The van der Waals surface area contributed by atoms with Crippen molar-refractivity contribution in [1.82, 2.24) is 0 Å². The highest BCUT2D eigenvalue weighted by Gasteiger charge is 2.30. The molecule has 2 fully saturated rings. The Balaban J connectivity index is 1.58. The van der Waals surface area contributed by atoms with Crippen LogP contribution in [0.15, 0.2) is 24.5 Å². The van der Waals surface area contributed by atoms with Crippen LogP contribution in [0.5, 0.6) is 0 Å². The Hall–Kier alpha value is -0.720. The SMILES string of the molecule is CC/C=C\OCC1CCC([C@H]2CC[C@H](/C=C/CCCCC)CC2)CC1. The lowest BCUT2D eigenvalue weighted by atomic mass is 9.69. The summed E-state index contributed by atoms with van der Waals surface area (Å²) in [5, 5.41) is 0. The van der Waals surface area contributed by atoms with Crippen LogP contribution >= 0.6 is 0 Å². The minimum Gasteiger partial charge on any atom is -0.501 e. The van der Waals surface area contributed by atoms with Gasteiger partial charge in [-0.15, -0.1) is 0 Å². The maximum Gasteiger partial charge on any atom is 0.0901 e. The molecule has 2 rings (SSSR count). The van der Waals surface area contributed by atoms with Crippen LogP contribution in [0.4, 0.5) is 0 Å². The van der Waals surface area contributed by atoms with Gasteiger partial charge in [-0.05, 0) is 94.3 Å². The van der Waals surface area contributed by atoms with Crippen molar-refractivity contribution in [2.45, 2.75) is 97.3 Å². The first-order valence-electron chi connectivity index (χ1n) is 11.3. The van der Waals surface area contributed by atoms with Crippen molar-refractivity contribution in [2.24, 2.45) is 23.7 Å². The van der Waals surface area contributed by atoms with E-state index in [0.29, 0.717) is 0 Å². The average molecular weight is 347 g/mol. The van der Waals surface area contributed by atoms with Gasteiger partial charge < -0.3 is 4.74 Å². The van der Waals surface area contributed by atoms with Crippen LogP contribution in [-0.2, 0) is 4.74 Å². The van der Waals surface area contributed by atoms with E-state index in [-0.39, 0.29) is 0 Å². The van der Waals surface area contributed by atoms with E-state index in [1.54, 1.807) is 0 Å². The Morgan fingerprint density at radius 2 is 1.48 bits per heavy atom. The highest BCUT2D eigenvalue weighted by atomic mass is 16.5. The van der Waals surface area contributed by atoms with Crippen molar-refractivity contribution in [1.29, 1.82) is 0 Å². The number of allylic oxidation sites excluding steroid dienone is 3. The fraction of sp³-hybridized carbons (Fsp3) is 0.833. The van der Waals surface area contributed by atoms with Crippen LogP contribution < -0.4 is 0 Å². The van der Waals surface area contributed by atoms with Gasteiger partial charge in [0, 0.05) is 0 Å². The molecule has 0 spiro atoms. The highest BCUT2D eigenvalue weighted by Crippen LogP contribution is 2.41. The smallest absolute Gasteiger partial charge is 0.0901 e. The molecule has 0 N–H and O–H groups in total. The molecule has 0 heterocycles. The maximum absolute atomic E-state index is 5.68. The maximum atomic E-state index is 5.68. The molecule has 0 aromatic carbocycles. The van der Waals surface area contributed by atoms with Crippen LogP contribution in [0.3, 0.4) is 0 Å². The van der Waals surface area contributed by atoms with E-state index in [0.717, 1.165) is 36.7 Å². The molecule has 0 radical (unpaired) electrons. The lowest BCUT2D eigenvalue weighted by molar-refractivity contribution is 0.113. The molecular weight excluding hydrogens is 304 g/mol. The Morgan fingerprint density at radius 1 is 0.800 bits per heavy atom. The summed E-state index contributed by atoms with van der Waals surface area (Å²) in [5.41, 5.74) is 0. The second-order valence-corrected chi connectivity index (χ2v) is 8.49. The number of unbranched alkanes of at least 4 members (excludes halogenated alkanes) is 3. The Bertz CT molecular complexity index is 368. The summed E-state index contributed by atoms with van der Waals surface area (Å²) < 4.78 is 5.68. The Labute approximate surface area is 157 Å². The van der Waals surface area contributed by atoms with Crippen molar-refractivity contribution in [3.63, 3.8) is 0 Å². The Morgan fingerprint density at radius 3 is 2.12 bits per heavy atom. The van der Waals surface area contributed by atoms with Crippen molar-refractivity contribution < 1.29 is 4.74 Å². The monoisotopic (exact) mass is 346 g/mol. The van der Waals surface area contributed by atoms with Gasteiger partial charge in [0.1, 0.15) is 0 Å². The quantitative estimate of drug-likeness (QED) is 0.224. The minimum atomic E-state index is 0.806. The molecular formula is C24H42O. The van der Waals surface area contributed by atoms with Gasteiger partial charge in [-0.3, -0.25) is 0 Å². The summed E-state index contributed by atoms with van der Waals surface area (Å²) in [5.74, 6) is 3.72. The third kappa shape index (κ3) is 8.01. The molecule has 0 amide bonds. The molecule has 0 aromatic heterocycles. The van der Waals surface area contributed by atoms with Crippen LogP contribution in [0.1, 0.15) is 97.3 Å². The molecule has 2 saturated carbocycles. The number of hydrogen-bond donors (Lipinski definition) is 0. The predicted molar refractivity (Wildman–Crippen MR) is 110 cm³/mol. The standard InChI is InChI=1S/C24H42O/c1-3-5-7-8-9-10-21-11-15-23(16-12-21)24-17-13-22(14-18-24)20-25-19-6-4-2/h6,9-10,19,21-24H,3-5,7-8,11-18,20H2,1-2H3/b10-9+,19-6-/t21-,22?,23-,24?. The summed E-state index contributed by atoms with van der Waals surface area (Å²) >= 11 is 0. The summed E-state index contributed by atoms with van der Waals surface area (Å²) in [6.45, 7) is 5.38. The van der Waals surface area contributed by atoms with E-state index in [1.807, 2.05) is 6.26 Å². The lowest BCUT2D eigenvalue weighted by Gasteiger charge is -2.37. The van der Waals surface area contributed by atoms with Gasteiger partial charge in [-0.2, -0.15) is 0 Å². The highest BCUT2D eigenvalue weighted by molar-refractivity contribution is 4.92. The summed E-state index contributed by atoms with van der Waals surface area (Å²) in [6, 6.07) is 0. The topological polar surface area (TPSA) is 9.23 Å². The zero-order valence-electron chi connectivity index (χ0n) is 16.9. The average Bonchev–Trinajstić information content (AvgIpc) is 2.66. The van der Waals surface area contributed by atoms with Crippen molar-refractivity contribution >= 4 is 0 Å². The second kappa shape index (κ2) is 12.6.